The van der Waals surface area contributed by atoms with Gasteiger partial charge in [-0.3, -0.25) is 4.90 Å². The molecule has 2 aromatic carbocycles. The second-order valence-corrected chi connectivity index (χ2v) is 7.41. The van der Waals surface area contributed by atoms with Gasteiger partial charge in [0.25, 0.3) is 0 Å². The molecule has 23 heavy (non-hydrogen) atoms. The highest BCUT2D eigenvalue weighted by Gasteiger charge is 2.22. The minimum absolute atomic E-state index is 0.664. The molecule has 1 fully saturated rings. The van der Waals surface area contributed by atoms with Gasteiger partial charge in [0.05, 0.1) is 5.01 Å². The van der Waals surface area contributed by atoms with E-state index in [0.29, 0.717) is 5.92 Å². The van der Waals surface area contributed by atoms with Gasteiger partial charge in [-0.1, -0.05) is 42.5 Å². The standard InChI is InChI=1S/C20H22N2S/c1-15-14-23-20(21-15)17-9-11-22(12-10-17)13-18-7-4-6-16-5-2-3-8-19(16)18/h2-8,14,17H,9-13H2,1H3. The Morgan fingerprint density at radius 1 is 1.09 bits per heavy atom. The van der Waals surface area contributed by atoms with Crippen LogP contribution < -0.4 is 0 Å². The molecule has 0 unspecified atom stereocenters. The van der Waals surface area contributed by atoms with E-state index in [-0.39, 0.29) is 0 Å². The Morgan fingerprint density at radius 3 is 2.65 bits per heavy atom. The molecule has 3 aromatic rings. The summed E-state index contributed by atoms with van der Waals surface area (Å²) in [4.78, 5) is 7.28. The van der Waals surface area contributed by atoms with Crippen LogP contribution in [0.1, 0.15) is 35.0 Å². The number of thiazole rings is 1. The number of rotatable bonds is 3. The van der Waals surface area contributed by atoms with Crippen molar-refractivity contribution in [3.05, 3.63) is 64.1 Å². The van der Waals surface area contributed by atoms with E-state index < -0.39 is 0 Å². The Labute approximate surface area is 141 Å². The van der Waals surface area contributed by atoms with E-state index in [1.807, 2.05) is 11.3 Å². The lowest BCUT2D eigenvalue weighted by Crippen LogP contribution is -2.32. The van der Waals surface area contributed by atoms with Crippen LogP contribution in [0.4, 0.5) is 0 Å². The fraction of sp³-hybridized carbons (Fsp3) is 0.350. The number of piperidine rings is 1. The highest BCUT2D eigenvalue weighted by molar-refractivity contribution is 7.09. The summed E-state index contributed by atoms with van der Waals surface area (Å²) in [6, 6.07) is 15.4. The molecule has 0 aliphatic carbocycles. The fourth-order valence-corrected chi connectivity index (χ4v) is 4.54. The highest BCUT2D eigenvalue weighted by atomic mass is 32.1. The van der Waals surface area contributed by atoms with E-state index in [0.717, 1.165) is 6.54 Å². The van der Waals surface area contributed by atoms with Gasteiger partial charge in [0, 0.05) is 23.5 Å². The van der Waals surface area contributed by atoms with Crippen LogP contribution in [0.3, 0.4) is 0 Å². The van der Waals surface area contributed by atoms with Crippen molar-refractivity contribution in [3.8, 4) is 0 Å². The van der Waals surface area contributed by atoms with E-state index in [4.69, 9.17) is 0 Å². The van der Waals surface area contributed by atoms with Crippen LogP contribution in [-0.4, -0.2) is 23.0 Å². The summed E-state index contributed by atoms with van der Waals surface area (Å²) in [7, 11) is 0. The average Bonchev–Trinajstić information content (AvgIpc) is 3.02. The monoisotopic (exact) mass is 322 g/mol. The zero-order valence-electron chi connectivity index (χ0n) is 13.5. The Bertz CT molecular complexity index is 795. The van der Waals surface area contributed by atoms with Crippen molar-refractivity contribution >= 4 is 22.1 Å². The van der Waals surface area contributed by atoms with Crippen molar-refractivity contribution in [2.45, 2.75) is 32.2 Å². The molecule has 2 heterocycles. The molecule has 0 bridgehead atoms. The number of nitrogens with zero attached hydrogens (tertiary/aromatic N) is 2. The quantitative estimate of drug-likeness (QED) is 0.676. The first kappa shape index (κ1) is 14.9. The van der Waals surface area contributed by atoms with Crippen LogP contribution in [0.15, 0.2) is 47.8 Å². The summed E-state index contributed by atoms with van der Waals surface area (Å²) < 4.78 is 0. The molecule has 1 aliphatic heterocycles. The number of benzene rings is 2. The largest absolute Gasteiger partial charge is 0.299 e. The first-order valence-electron chi connectivity index (χ1n) is 8.40. The molecule has 4 rings (SSSR count). The molecule has 1 saturated heterocycles. The lowest BCUT2D eigenvalue weighted by molar-refractivity contribution is 0.205. The Morgan fingerprint density at radius 2 is 1.87 bits per heavy atom. The molecule has 0 radical (unpaired) electrons. The molecule has 0 amide bonds. The highest BCUT2D eigenvalue weighted by Crippen LogP contribution is 2.31. The van der Waals surface area contributed by atoms with E-state index in [2.05, 4.69) is 64.7 Å². The molecule has 0 N–H and O–H groups in total. The Kier molecular flexibility index (Phi) is 4.15. The van der Waals surface area contributed by atoms with Gasteiger partial charge in [-0.05, 0) is 49.2 Å². The average molecular weight is 322 g/mol. The van der Waals surface area contributed by atoms with Crippen molar-refractivity contribution in [2.75, 3.05) is 13.1 Å². The fourth-order valence-electron chi connectivity index (χ4n) is 3.57. The summed E-state index contributed by atoms with van der Waals surface area (Å²) in [5.41, 5.74) is 2.62. The summed E-state index contributed by atoms with van der Waals surface area (Å²) in [5, 5.41) is 6.26. The molecule has 1 aromatic heterocycles. The Balaban J connectivity index is 1.44. The van der Waals surface area contributed by atoms with Crippen molar-refractivity contribution in [3.63, 3.8) is 0 Å². The molecule has 2 nitrogen and oxygen atoms in total. The van der Waals surface area contributed by atoms with E-state index in [9.17, 15) is 0 Å². The lowest BCUT2D eigenvalue weighted by Gasteiger charge is -2.31. The number of hydrogen-bond acceptors (Lipinski definition) is 3. The van der Waals surface area contributed by atoms with Gasteiger partial charge in [0.1, 0.15) is 0 Å². The van der Waals surface area contributed by atoms with Crippen molar-refractivity contribution < 1.29 is 0 Å². The minimum Gasteiger partial charge on any atom is -0.299 e. The van der Waals surface area contributed by atoms with Crippen molar-refractivity contribution in [1.82, 2.24) is 9.88 Å². The molecule has 0 spiro atoms. The lowest BCUT2D eigenvalue weighted by atomic mass is 9.96. The van der Waals surface area contributed by atoms with Gasteiger partial charge >= 0.3 is 0 Å². The number of aromatic nitrogens is 1. The van der Waals surface area contributed by atoms with Gasteiger partial charge in [0.2, 0.25) is 0 Å². The van der Waals surface area contributed by atoms with Gasteiger partial charge in [-0.25, -0.2) is 4.98 Å². The molecule has 118 valence electrons. The maximum atomic E-state index is 4.68. The molecule has 0 saturated carbocycles. The van der Waals surface area contributed by atoms with Gasteiger partial charge in [-0.2, -0.15) is 0 Å². The molecular weight excluding hydrogens is 300 g/mol. The van der Waals surface area contributed by atoms with Crippen LogP contribution in [-0.2, 0) is 6.54 Å². The third-order valence-electron chi connectivity index (χ3n) is 4.85. The van der Waals surface area contributed by atoms with Crippen LogP contribution >= 0.6 is 11.3 Å². The minimum atomic E-state index is 0.664. The number of likely N-dealkylation sites (tertiary alicyclic amines) is 1. The number of fused-ring (bicyclic) bond motifs is 1. The van der Waals surface area contributed by atoms with Crippen LogP contribution in [0.25, 0.3) is 10.8 Å². The van der Waals surface area contributed by atoms with E-state index in [1.54, 1.807) is 0 Å². The van der Waals surface area contributed by atoms with Gasteiger partial charge < -0.3 is 0 Å². The van der Waals surface area contributed by atoms with Crippen LogP contribution in [0.2, 0.25) is 0 Å². The smallest absolute Gasteiger partial charge is 0.0960 e. The third-order valence-corrected chi connectivity index (χ3v) is 5.97. The maximum absolute atomic E-state index is 4.68. The first-order chi connectivity index (χ1) is 11.3. The molecule has 1 aliphatic rings. The first-order valence-corrected chi connectivity index (χ1v) is 9.28. The zero-order chi connectivity index (χ0) is 15.6. The van der Waals surface area contributed by atoms with Crippen LogP contribution in [0, 0.1) is 6.92 Å². The predicted octanol–water partition coefficient (Wildman–Crippen LogP) is 4.98. The second kappa shape index (κ2) is 6.42. The van der Waals surface area contributed by atoms with Crippen LogP contribution in [0.5, 0.6) is 0 Å². The number of aryl methyl sites for hydroxylation is 1. The molecule has 0 atom stereocenters. The summed E-state index contributed by atoms with van der Waals surface area (Å²) in [5.74, 6) is 0.664. The molecular formula is C20H22N2S. The molecule has 3 heteroatoms. The summed E-state index contributed by atoms with van der Waals surface area (Å²) in [6.07, 6.45) is 2.47. The predicted molar refractivity (Wildman–Crippen MR) is 98.1 cm³/mol. The van der Waals surface area contributed by atoms with Crippen molar-refractivity contribution in [2.24, 2.45) is 0 Å². The maximum Gasteiger partial charge on any atom is 0.0960 e. The van der Waals surface area contributed by atoms with Gasteiger partial charge in [0.15, 0.2) is 0 Å². The second-order valence-electron chi connectivity index (χ2n) is 6.52. The normalized spacial score (nSPS) is 16.9. The number of hydrogen-bond donors (Lipinski definition) is 0. The van der Waals surface area contributed by atoms with Crippen molar-refractivity contribution in [1.29, 1.82) is 0 Å². The van der Waals surface area contributed by atoms with Gasteiger partial charge in [-0.15, -0.1) is 11.3 Å². The SMILES string of the molecule is Cc1csc(C2CCN(Cc3cccc4ccccc34)CC2)n1. The topological polar surface area (TPSA) is 16.1 Å². The summed E-state index contributed by atoms with van der Waals surface area (Å²) >= 11 is 1.83. The zero-order valence-corrected chi connectivity index (χ0v) is 14.4. The van der Waals surface area contributed by atoms with E-state index in [1.165, 1.54) is 53.0 Å². The summed E-state index contributed by atoms with van der Waals surface area (Å²) in [6.45, 7) is 5.50. The third kappa shape index (κ3) is 3.17. The Hall–Kier alpha value is -1.71. The van der Waals surface area contributed by atoms with E-state index >= 15 is 0 Å².